The highest BCUT2D eigenvalue weighted by atomic mass is 16.6. The molecular weight excluding hydrogens is 508 g/mol. The first-order chi connectivity index (χ1) is 19.3. The van der Waals surface area contributed by atoms with Crippen LogP contribution >= 0.6 is 0 Å². The Bertz CT molecular complexity index is 1150. The van der Waals surface area contributed by atoms with Crippen LogP contribution in [-0.2, 0) is 19.3 Å². The zero-order valence-electron chi connectivity index (χ0n) is 23.5. The van der Waals surface area contributed by atoms with E-state index in [4.69, 9.17) is 9.68 Å². The second-order valence-corrected chi connectivity index (χ2v) is 10.1. The van der Waals surface area contributed by atoms with Gasteiger partial charge in [-0.1, -0.05) is 86.6 Å². The van der Waals surface area contributed by atoms with Crippen LogP contribution in [0.4, 0.5) is 0 Å². The summed E-state index contributed by atoms with van der Waals surface area (Å²) in [5.74, 6) is -0.739. The van der Waals surface area contributed by atoms with Crippen LogP contribution in [0, 0.1) is 0 Å². The van der Waals surface area contributed by atoms with Crippen molar-refractivity contribution in [3.05, 3.63) is 83.4 Å². The number of hydrogen-bond donors (Lipinski definition) is 2. The predicted molar refractivity (Wildman–Crippen MR) is 157 cm³/mol. The van der Waals surface area contributed by atoms with Crippen LogP contribution in [0.3, 0.4) is 0 Å². The Kier molecular flexibility index (Phi) is 11.5. The van der Waals surface area contributed by atoms with E-state index in [0.29, 0.717) is 37.1 Å². The van der Waals surface area contributed by atoms with E-state index in [1.807, 2.05) is 38.1 Å². The van der Waals surface area contributed by atoms with Crippen LogP contribution in [0.1, 0.15) is 88.2 Å². The molecule has 0 spiro atoms. The van der Waals surface area contributed by atoms with E-state index in [1.54, 1.807) is 12.2 Å². The molecule has 2 aliphatic rings. The smallest absolute Gasteiger partial charge is 0.168 e. The molecule has 0 fully saturated rings. The Morgan fingerprint density at radius 2 is 1.25 bits per heavy atom. The summed E-state index contributed by atoms with van der Waals surface area (Å²) in [7, 11) is 0. The van der Waals surface area contributed by atoms with Gasteiger partial charge in [0.25, 0.3) is 0 Å². The molecule has 2 unspecified atom stereocenters. The summed E-state index contributed by atoms with van der Waals surface area (Å²) in [6.45, 7) is 11.6. The summed E-state index contributed by atoms with van der Waals surface area (Å²) in [5.41, 5.74) is 3.22. The molecule has 0 radical (unpaired) electrons. The van der Waals surface area contributed by atoms with Gasteiger partial charge in [0.05, 0.1) is 22.6 Å². The first-order valence-electron chi connectivity index (χ1n) is 13.9. The molecule has 2 N–H and O–H groups in total. The normalized spacial score (nSPS) is 20.6. The van der Waals surface area contributed by atoms with E-state index in [1.165, 1.54) is 0 Å². The Balaban J connectivity index is 1.83. The van der Waals surface area contributed by atoms with Crippen molar-refractivity contribution < 1.29 is 29.5 Å². The number of ketones is 2. The first kappa shape index (κ1) is 30.6. The number of oxime groups is 2. The summed E-state index contributed by atoms with van der Waals surface area (Å²) in [4.78, 5) is 36.8. The van der Waals surface area contributed by atoms with E-state index in [0.717, 1.165) is 24.0 Å². The van der Waals surface area contributed by atoms with Gasteiger partial charge in [-0.15, -0.1) is 0 Å². The maximum atomic E-state index is 13.2. The highest BCUT2D eigenvalue weighted by Crippen LogP contribution is 2.39. The number of rotatable bonds is 14. The molecule has 3 rings (SSSR count). The molecule has 0 bridgehead atoms. The van der Waals surface area contributed by atoms with Crippen molar-refractivity contribution in [2.45, 2.75) is 77.0 Å². The molecule has 214 valence electrons. The average Bonchev–Trinajstić information content (AvgIpc) is 2.92. The van der Waals surface area contributed by atoms with E-state index in [2.05, 4.69) is 23.5 Å². The fourth-order valence-corrected chi connectivity index (χ4v) is 5.22. The molecule has 0 aromatic heterocycles. The highest BCUT2D eigenvalue weighted by molar-refractivity contribution is 6.23. The minimum atomic E-state index is -0.211. The van der Waals surface area contributed by atoms with Crippen LogP contribution in [0.15, 0.2) is 82.6 Å². The zero-order valence-corrected chi connectivity index (χ0v) is 23.5. The van der Waals surface area contributed by atoms with Gasteiger partial charge >= 0.3 is 0 Å². The van der Waals surface area contributed by atoms with Gasteiger partial charge in [-0.2, -0.15) is 0 Å². The van der Waals surface area contributed by atoms with Gasteiger partial charge in [0.15, 0.2) is 11.6 Å². The lowest BCUT2D eigenvalue weighted by Gasteiger charge is -2.27. The fourth-order valence-electron chi connectivity index (χ4n) is 5.22. The van der Waals surface area contributed by atoms with Crippen LogP contribution in [0.5, 0.6) is 0 Å². The Morgan fingerprint density at radius 3 is 1.60 bits per heavy atom. The molecule has 0 saturated heterocycles. The number of nitrogens with zero attached hydrogens (tertiary/aromatic N) is 2. The maximum Gasteiger partial charge on any atom is 0.168 e. The summed E-state index contributed by atoms with van der Waals surface area (Å²) in [6, 6.07) is 7.74. The van der Waals surface area contributed by atoms with Crippen LogP contribution in [0.2, 0.25) is 0 Å². The van der Waals surface area contributed by atoms with Crippen molar-refractivity contribution in [2.75, 3.05) is 13.2 Å². The number of Topliss-reactive ketones (excluding diaryl/α,β-unsaturated/α-hetero) is 2. The Labute approximate surface area is 236 Å². The summed E-state index contributed by atoms with van der Waals surface area (Å²) in [6.07, 6.45) is 6.74. The zero-order chi connectivity index (χ0) is 29.1. The molecular formula is C32H40N2O6. The lowest BCUT2D eigenvalue weighted by atomic mass is 9.77. The van der Waals surface area contributed by atoms with Crippen molar-refractivity contribution >= 4 is 23.0 Å². The van der Waals surface area contributed by atoms with Gasteiger partial charge in [-0.25, -0.2) is 0 Å². The van der Waals surface area contributed by atoms with Gasteiger partial charge in [0.2, 0.25) is 0 Å². The van der Waals surface area contributed by atoms with Crippen molar-refractivity contribution in [2.24, 2.45) is 10.3 Å². The third-order valence-electron chi connectivity index (χ3n) is 7.02. The molecule has 8 heteroatoms. The topological polar surface area (TPSA) is 118 Å². The second-order valence-electron chi connectivity index (χ2n) is 10.1. The minimum absolute atomic E-state index is 0.0144. The molecule has 8 nitrogen and oxygen atoms in total. The second kappa shape index (κ2) is 15.0. The quantitative estimate of drug-likeness (QED) is 0.113. The number of hydrogen-bond acceptors (Lipinski definition) is 8. The number of carbonyl (C=O) groups excluding carboxylic acids is 2. The van der Waals surface area contributed by atoms with Gasteiger partial charge < -0.3 is 19.9 Å². The first-order valence-corrected chi connectivity index (χ1v) is 13.9. The molecule has 1 aromatic carbocycles. The van der Waals surface area contributed by atoms with E-state index >= 15 is 0 Å². The van der Waals surface area contributed by atoms with Crippen molar-refractivity contribution in [3.63, 3.8) is 0 Å². The Hall–Kier alpha value is -3.94. The van der Waals surface area contributed by atoms with Crippen LogP contribution in [-0.4, -0.2) is 46.4 Å². The number of carbonyl (C=O) groups is 2. The third kappa shape index (κ3) is 7.58. The highest BCUT2D eigenvalue weighted by Gasteiger charge is 2.34. The van der Waals surface area contributed by atoms with Gasteiger partial charge in [0, 0.05) is 25.7 Å². The Morgan fingerprint density at radius 1 is 0.825 bits per heavy atom. The number of benzene rings is 1. The number of allylic oxidation sites excluding steroid dienone is 4. The molecule has 1 aromatic rings. The maximum absolute atomic E-state index is 13.2. The summed E-state index contributed by atoms with van der Waals surface area (Å²) >= 11 is 0. The summed E-state index contributed by atoms with van der Waals surface area (Å²) in [5, 5.41) is 30.0. The molecule has 40 heavy (non-hydrogen) atoms. The van der Waals surface area contributed by atoms with Crippen LogP contribution < -0.4 is 0 Å². The molecule has 2 aliphatic carbocycles. The van der Waals surface area contributed by atoms with E-state index in [-0.39, 0.29) is 72.1 Å². The molecule has 0 heterocycles. The SMILES string of the molecule is C=CCO/N=C(\CCC)C1=C(O)CC(c2cccc(C3CC(=O)C(/C(CCC)=N/OCC=C)=C(O)C3)c2)CC1=O. The number of aliphatic hydroxyl groups is 2. The van der Waals surface area contributed by atoms with Crippen LogP contribution in [0.25, 0.3) is 0 Å². The molecule has 0 aliphatic heterocycles. The lowest BCUT2D eigenvalue weighted by molar-refractivity contribution is -0.117. The molecule has 0 saturated carbocycles. The lowest BCUT2D eigenvalue weighted by Crippen LogP contribution is -2.25. The van der Waals surface area contributed by atoms with E-state index < -0.39 is 0 Å². The minimum Gasteiger partial charge on any atom is -0.511 e. The van der Waals surface area contributed by atoms with Crippen molar-refractivity contribution in [1.29, 1.82) is 0 Å². The predicted octanol–water partition coefficient (Wildman–Crippen LogP) is 6.92. The van der Waals surface area contributed by atoms with Gasteiger partial charge in [-0.05, 0) is 35.8 Å². The van der Waals surface area contributed by atoms with Crippen molar-refractivity contribution in [1.82, 2.24) is 0 Å². The average molecular weight is 549 g/mol. The molecule has 0 amide bonds. The third-order valence-corrected chi connectivity index (χ3v) is 7.02. The number of aliphatic hydroxyl groups excluding tert-OH is 2. The fraction of sp³-hybridized carbons (Fsp3) is 0.438. The summed E-state index contributed by atoms with van der Waals surface area (Å²) < 4.78 is 0. The monoisotopic (exact) mass is 548 g/mol. The van der Waals surface area contributed by atoms with Crippen molar-refractivity contribution in [3.8, 4) is 0 Å². The van der Waals surface area contributed by atoms with Gasteiger partial charge in [0.1, 0.15) is 24.7 Å². The van der Waals surface area contributed by atoms with E-state index in [9.17, 15) is 19.8 Å². The molecule has 2 atom stereocenters. The standard InChI is InChI=1S/C32H40N2O6/c1-5-10-25(33-39-14-7-3)31-27(35)17-23(18-28(31)36)21-12-9-13-22(16-21)24-19-29(37)32(30(38)20-24)26(11-6-2)34-40-15-8-4/h7-9,12-13,16,23-24,35,37H,3-6,10-11,14-15,17-20H2,1-2H3/b33-25+,34-26+. The van der Waals surface area contributed by atoms with Gasteiger partial charge in [-0.3, -0.25) is 9.59 Å². The largest absolute Gasteiger partial charge is 0.511 e.